The van der Waals surface area contributed by atoms with Gasteiger partial charge in [-0.25, -0.2) is 10.2 Å². The summed E-state index contributed by atoms with van der Waals surface area (Å²) in [5.74, 6) is -0.0357. The van der Waals surface area contributed by atoms with Crippen molar-refractivity contribution in [3.63, 3.8) is 0 Å². The van der Waals surface area contributed by atoms with Gasteiger partial charge < -0.3 is 14.2 Å². The molecule has 0 aliphatic carbocycles. The van der Waals surface area contributed by atoms with Crippen LogP contribution in [0.4, 0.5) is 0 Å². The van der Waals surface area contributed by atoms with Crippen molar-refractivity contribution >= 4 is 57.2 Å². The lowest BCUT2D eigenvalue weighted by atomic mass is 10.2. The largest absolute Gasteiger partial charge is 0.493 e. The van der Waals surface area contributed by atoms with Gasteiger partial charge in [0.1, 0.15) is 5.75 Å². The normalized spacial score (nSPS) is 11.7. The van der Waals surface area contributed by atoms with E-state index >= 15 is 0 Å². The number of benzene rings is 3. The summed E-state index contributed by atoms with van der Waals surface area (Å²) in [5.41, 5.74) is 3.19. The van der Waals surface area contributed by atoms with E-state index in [1.54, 1.807) is 43.3 Å². The van der Waals surface area contributed by atoms with Gasteiger partial charge in [0.25, 0.3) is 5.91 Å². The summed E-state index contributed by atoms with van der Waals surface area (Å²) in [7, 11) is 1.44. The zero-order chi connectivity index (χ0) is 24.7. The fraction of sp³-hybridized carbons (Fsp3) is 0.125. The molecule has 34 heavy (non-hydrogen) atoms. The van der Waals surface area contributed by atoms with Crippen molar-refractivity contribution in [2.45, 2.75) is 13.0 Å². The van der Waals surface area contributed by atoms with Crippen LogP contribution in [0.15, 0.2) is 70.2 Å². The lowest BCUT2D eigenvalue weighted by molar-refractivity contribution is -0.127. The minimum Gasteiger partial charge on any atom is -0.493 e. The molecule has 0 spiro atoms. The van der Waals surface area contributed by atoms with Crippen molar-refractivity contribution in [3.05, 3.63) is 86.3 Å². The molecule has 3 aromatic carbocycles. The second-order valence-corrected chi connectivity index (χ2v) is 8.63. The van der Waals surface area contributed by atoms with Crippen molar-refractivity contribution < 1.29 is 23.8 Å². The summed E-state index contributed by atoms with van der Waals surface area (Å²) in [6.45, 7) is 1.62. The lowest BCUT2D eigenvalue weighted by Crippen LogP contribution is -2.33. The number of rotatable bonds is 8. The van der Waals surface area contributed by atoms with Gasteiger partial charge in [0, 0.05) is 9.50 Å². The second kappa shape index (κ2) is 11.9. The molecule has 0 aromatic heterocycles. The third-order valence-electron chi connectivity index (χ3n) is 4.43. The number of hydrogen-bond donors (Lipinski definition) is 1. The summed E-state index contributed by atoms with van der Waals surface area (Å²) in [6, 6.07) is 16.4. The van der Waals surface area contributed by atoms with Gasteiger partial charge in [-0.2, -0.15) is 5.10 Å². The molecule has 3 rings (SSSR count). The molecule has 0 radical (unpaired) electrons. The molecule has 0 aliphatic heterocycles. The molecule has 1 unspecified atom stereocenters. The Hall–Kier alpha value is -3.07. The number of methoxy groups -OCH3 is 1. The maximum Gasteiger partial charge on any atom is 0.345 e. The van der Waals surface area contributed by atoms with Gasteiger partial charge >= 0.3 is 5.97 Å². The van der Waals surface area contributed by atoms with E-state index in [0.29, 0.717) is 22.1 Å². The van der Waals surface area contributed by atoms with Crippen molar-refractivity contribution in [2.75, 3.05) is 7.11 Å². The Labute approximate surface area is 214 Å². The smallest absolute Gasteiger partial charge is 0.345 e. The minimum absolute atomic E-state index is 0.168. The highest BCUT2D eigenvalue weighted by Crippen LogP contribution is 2.30. The molecule has 176 valence electrons. The van der Waals surface area contributed by atoms with Gasteiger partial charge in [0.05, 0.1) is 23.9 Å². The van der Waals surface area contributed by atoms with Crippen molar-refractivity contribution in [3.8, 4) is 17.2 Å². The van der Waals surface area contributed by atoms with Crippen LogP contribution in [0.3, 0.4) is 0 Å². The zero-order valence-electron chi connectivity index (χ0n) is 18.1. The van der Waals surface area contributed by atoms with Gasteiger partial charge in [-0.3, -0.25) is 4.79 Å². The topological polar surface area (TPSA) is 86.2 Å². The molecular formula is C24H19BrCl2N2O5. The van der Waals surface area contributed by atoms with Crippen LogP contribution in [0.2, 0.25) is 10.0 Å². The highest BCUT2D eigenvalue weighted by atomic mass is 79.9. The summed E-state index contributed by atoms with van der Waals surface area (Å²) in [5, 5.41) is 4.53. The van der Waals surface area contributed by atoms with Crippen molar-refractivity contribution in [1.29, 1.82) is 0 Å². The number of carbonyl (C=O) groups excluding carboxylic acids is 2. The third-order valence-corrected chi connectivity index (χ3v) is 5.50. The number of hydrazone groups is 1. The molecule has 1 atom stereocenters. The van der Waals surface area contributed by atoms with Gasteiger partial charge in [-0.05, 0) is 73.2 Å². The fourth-order valence-electron chi connectivity index (χ4n) is 2.69. The molecule has 0 fully saturated rings. The SMILES string of the molecule is COc1cc(/C=N/NC(=O)C(C)Oc2ccc(Br)cc2)ccc1OC(=O)c1ccc(Cl)cc1Cl. The number of hydrogen-bond acceptors (Lipinski definition) is 6. The van der Waals surface area contributed by atoms with E-state index < -0.39 is 18.0 Å². The maximum absolute atomic E-state index is 12.5. The molecule has 3 aromatic rings. The highest BCUT2D eigenvalue weighted by Gasteiger charge is 2.16. The monoisotopic (exact) mass is 564 g/mol. The van der Waals surface area contributed by atoms with Crippen molar-refractivity contribution in [2.24, 2.45) is 5.10 Å². The lowest BCUT2D eigenvalue weighted by Gasteiger charge is -2.13. The van der Waals surface area contributed by atoms with Crippen LogP contribution in [-0.2, 0) is 4.79 Å². The van der Waals surface area contributed by atoms with Crippen LogP contribution in [0.25, 0.3) is 0 Å². The zero-order valence-corrected chi connectivity index (χ0v) is 21.1. The molecule has 0 saturated carbocycles. The number of esters is 1. The maximum atomic E-state index is 12.5. The van der Waals surface area contributed by atoms with Crippen LogP contribution in [-0.4, -0.2) is 31.3 Å². The first-order chi connectivity index (χ1) is 16.3. The van der Waals surface area contributed by atoms with E-state index in [9.17, 15) is 9.59 Å². The van der Waals surface area contributed by atoms with Gasteiger partial charge in [-0.1, -0.05) is 39.1 Å². The van der Waals surface area contributed by atoms with Crippen LogP contribution in [0, 0.1) is 0 Å². The molecule has 7 nitrogen and oxygen atoms in total. The predicted molar refractivity (Wildman–Crippen MR) is 134 cm³/mol. The number of halogens is 3. The molecule has 0 bridgehead atoms. The molecule has 0 heterocycles. The number of amides is 1. The fourth-order valence-corrected chi connectivity index (χ4v) is 3.44. The Morgan fingerprint density at radius 2 is 1.76 bits per heavy atom. The summed E-state index contributed by atoms with van der Waals surface area (Å²) < 4.78 is 17.2. The first-order valence-corrected chi connectivity index (χ1v) is 11.4. The molecule has 1 N–H and O–H groups in total. The summed E-state index contributed by atoms with van der Waals surface area (Å²) >= 11 is 15.3. The van der Waals surface area contributed by atoms with Crippen LogP contribution in [0.5, 0.6) is 17.2 Å². The van der Waals surface area contributed by atoms with E-state index in [1.807, 2.05) is 12.1 Å². The van der Waals surface area contributed by atoms with Crippen LogP contribution < -0.4 is 19.6 Å². The van der Waals surface area contributed by atoms with E-state index in [2.05, 4.69) is 26.5 Å². The van der Waals surface area contributed by atoms with Crippen molar-refractivity contribution in [1.82, 2.24) is 5.43 Å². The first kappa shape index (κ1) is 25.6. The second-order valence-electron chi connectivity index (χ2n) is 6.87. The Bertz CT molecular complexity index is 1220. The molecule has 0 aliphatic rings. The van der Waals surface area contributed by atoms with E-state index in [-0.39, 0.29) is 16.3 Å². The Balaban J connectivity index is 1.61. The number of nitrogens with one attached hydrogen (secondary N) is 1. The van der Waals surface area contributed by atoms with Gasteiger partial charge in [0.2, 0.25) is 0 Å². The molecule has 10 heteroatoms. The van der Waals surface area contributed by atoms with E-state index in [0.717, 1.165) is 4.47 Å². The average molecular weight is 566 g/mol. The average Bonchev–Trinajstić information content (AvgIpc) is 2.81. The van der Waals surface area contributed by atoms with Crippen LogP contribution >= 0.6 is 39.1 Å². The standard InChI is InChI=1S/C24H19BrCl2N2O5/c1-14(33-18-7-4-16(25)5-8-18)23(30)29-28-13-15-3-10-21(22(11-15)32-2)34-24(31)19-9-6-17(26)12-20(19)27/h3-14H,1-2H3,(H,29,30)/b28-13+. The number of carbonyl (C=O) groups is 2. The molecular weight excluding hydrogens is 547 g/mol. The number of ether oxygens (including phenoxy) is 3. The summed E-state index contributed by atoms with van der Waals surface area (Å²) in [6.07, 6.45) is 0.670. The molecule has 0 saturated heterocycles. The van der Waals surface area contributed by atoms with Gasteiger partial charge in [0.15, 0.2) is 17.6 Å². The number of nitrogens with zero attached hydrogens (tertiary/aromatic N) is 1. The van der Waals surface area contributed by atoms with E-state index in [1.165, 1.54) is 25.5 Å². The Morgan fingerprint density at radius 3 is 2.44 bits per heavy atom. The van der Waals surface area contributed by atoms with E-state index in [4.69, 9.17) is 37.4 Å². The highest BCUT2D eigenvalue weighted by molar-refractivity contribution is 9.10. The molecule has 1 amide bonds. The quantitative estimate of drug-likeness (QED) is 0.159. The Morgan fingerprint density at radius 1 is 1.03 bits per heavy atom. The first-order valence-electron chi connectivity index (χ1n) is 9.87. The predicted octanol–water partition coefficient (Wildman–Crippen LogP) is 5.90. The van der Waals surface area contributed by atoms with Crippen LogP contribution in [0.1, 0.15) is 22.8 Å². The third kappa shape index (κ3) is 6.96. The summed E-state index contributed by atoms with van der Waals surface area (Å²) in [4.78, 5) is 24.7. The minimum atomic E-state index is -0.755. The Kier molecular flexibility index (Phi) is 8.92. The van der Waals surface area contributed by atoms with Gasteiger partial charge in [-0.15, -0.1) is 0 Å².